The summed E-state index contributed by atoms with van der Waals surface area (Å²) in [6, 6.07) is 8.98. The third-order valence-electron chi connectivity index (χ3n) is 3.84. The summed E-state index contributed by atoms with van der Waals surface area (Å²) in [6.07, 6.45) is 3.37. The normalized spacial score (nSPS) is 21.5. The number of aliphatic carboxylic acids is 1. The lowest BCUT2D eigenvalue weighted by Gasteiger charge is -2.30. The van der Waals surface area contributed by atoms with Crippen molar-refractivity contribution in [2.75, 3.05) is 6.54 Å². The third kappa shape index (κ3) is 4.05. The minimum atomic E-state index is -0.687. The maximum absolute atomic E-state index is 10.9. The van der Waals surface area contributed by atoms with Gasteiger partial charge >= 0.3 is 5.97 Å². The molecule has 1 saturated heterocycles. The van der Waals surface area contributed by atoms with Crippen LogP contribution in [-0.2, 0) is 11.2 Å². The van der Waals surface area contributed by atoms with E-state index >= 15 is 0 Å². The van der Waals surface area contributed by atoms with Crippen LogP contribution in [0.2, 0.25) is 0 Å². The molecule has 2 unspecified atom stereocenters. The Hall–Kier alpha value is -0.870. The Morgan fingerprint density at radius 3 is 2.79 bits per heavy atom. The van der Waals surface area contributed by atoms with Crippen LogP contribution in [0, 0.1) is 0 Å². The molecule has 0 aliphatic carbocycles. The van der Waals surface area contributed by atoms with Gasteiger partial charge in [-0.05, 0) is 50.4 Å². The molecule has 0 spiro atoms. The molecular formula is C15H20BrNO2. The van der Waals surface area contributed by atoms with Crippen LogP contribution in [-0.4, -0.2) is 34.6 Å². The average molecular weight is 326 g/mol. The topological polar surface area (TPSA) is 40.5 Å². The fourth-order valence-corrected chi connectivity index (χ4v) is 3.20. The first kappa shape index (κ1) is 14.5. The van der Waals surface area contributed by atoms with Crippen molar-refractivity contribution in [1.29, 1.82) is 0 Å². The number of hydrogen-bond donors (Lipinski definition) is 1. The zero-order valence-corrected chi connectivity index (χ0v) is 12.8. The monoisotopic (exact) mass is 325 g/mol. The first-order chi connectivity index (χ1) is 9.06. The molecule has 1 fully saturated rings. The van der Waals surface area contributed by atoms with Crippen molar-refractivity contribution in [3.8, 4) is 0 Å². The summed E-state index contributed by atoms with van der Waals surface area (Å²) in [7, 11) is 0. The van der Waals surface area contributed by atoms with Gasteiger partial charge in [0.1, 0.15) is 0 Å². The lowest BCUT2D eigenvalue weighted by Crippen LogP contribution is -2.39. The molecule has 0 saturated carbocycles. The molecule has 0 radical (unpaired) electrons. The molecular weight excluding hydrogens is 306 g/mol. The van der Waals surface area contributed by atoms with Gasteiger partial charge in [0.05, 0.1) is 6.42 Å². The zero-order chi connectivity index (χ0) is 13.8. The largest absolute Gasteiger partial charge is 0.481 e. The van der Waals surface area contributed by atoms with Crippen LogP contribution in [0.25, 0.3) is 0 Å². The Morgan fingerprint density at radius 2 is 2.16 bits per heavy atom. The summed E-state index contributed by atoms with van der Waals surface area (Å²) in [4.78, 5) is 13.2. The average Bonchev–Trinajstić information content (AvgIpc) is 2.79. The van der Waals surface area contributed by atoms with Crippen LogP contribution in [0.1, 0.15) is 31.7 Å². The van der Waals surface area contributed by atoms with Crippen molar-refractivity contribution >= 4 is 21.9 Å². The molecule has 4 heteroatoms. The maximum atomic E-state index is 10.9. The molecule has 2 rings (SSSR count). The van der Waals surface area contributed by atoms with Gasteiger partial charge in [-0.2, -0.15) is 0 Å². The molecule has 1 aliphatic heterocycles. The van der Waals surface area contributed by atoms with Crippen LogP contribution in [0.15, 0.2) is 28.7 Å². The zero-order valence-electron chi connectivity index (χ0n) is 11.2. The number of benzene rings is 1. The van der Waals surface area contributed by atoms with Crippen LogP contribution in [0.5, 0.6) is 0 Å². The summed E-state index contributed by atoms with van der Waals surface area (Å²) in [5, 5.41) is 8.96. The van der Waals surface area contributed by atoms with Crippen molar-refractivity contribution in [3.63, 3.8) is 0 Å². The van der Waals surface area contributed by atoms with E-state index in [0.717, 1.165) is 30.3 Å². The van der Waals surface area contributed by atoms with Gasteiger partial charge < -0.3 is 5.11 Å². The van der Waals surface area contributed by atoms with E-state index in [2.05, 4.69) is 52.0 Å². The maximum Gasteiger partial charge on any atom is 0.304 e. The molecule has 104 valence electrons. The highest BCUT2D eigenvalue weighted by molar-refractivity contribution is 9.10. The number of halogens is 1. The molecule has 3 nitrogen and oxygen atoms in total. The SMILES string of the molecule is CC(Cc1ccc(Br)cc1)N1CCCC1CC(=O)O. The second-order valence-corrected chi connectivity index (χ2v) is 6.23. The molecule has 1 aliphatic rings. The minimum Gasteiger partial charge on any atom is -0.481 e. The van der Waals surface area contributed by atoms with Crippen molar-refractivity contribution in [2.24, 2.45) is 0 Å². The van der Waals surface area contributed by atoms with Gasteiger partial charge in [0, 0.05) is 16.6 Å². The van der Waals surface area contributed by atoms with Gasteiger partial charge in [0.15, 0.2) is 0 Å². The fourth-order valence-electron chi connectivity index (χ4n) is 2.94. The Bertz CT molecular complexity index is 432. The highest BCUT2D eigenvalue weighted by Gasteiger charge is 2.29. The van der Waals surface area contributed by atoms with Gasteiger partial charge in [-0.3, -0.25) is 9.69 Å². The van der Waals surface area contributed by atoms with Crippen LogP contribution in [0.4, 0.5) is 0 Å². The second-order valence-electron chi connectivity index (χ2n) is 5.31. The first-order valence-corrected chi connectivity index (χ1v) is 7.57. The lowest BCUT2D eigenvalue weighted by molar-refractivity contribution is -0.138. The Kier molecular flexibility index (Phi) is 4.99. The van der Waals surface area contributed by atoms with Crippen molar-refractivity contribution in [1.82, 2.24) is 4.90 Å². The van der Waals surface area contributed by atoms with Crippen LogP contribution >= 0.6 is 15.9 Å². The highest BCUT2D eigenvalue weighted by atomic mass is 79.9. The van der Waals surface area contributed by atoms with E-state index in [0.29, 0.717) is 6.04 Å². The summed E-state index contributed by atoms with van der Waals surface area (Å²) in [5.41, 5.74) is 1.30. The molecule has 0 amide bonds. The molecule has 2 atom stereocenters. The van der Waals surface area contributed by atoms with E-state index in [-0.39, 0.29) is 12.5 Å². The Morgan fingerprint density at radius 1 is 1.47 bits per heavy atom. The van der Waals surface area contributed by atoms with E-state index in [1.807, 2.05) is 0 Å². The number of nitrogens with zero attached hydrogens (tertiary/aromatic N) is 1. The summed E-state index contributed by atoms with van der Waals surface area (Å²) >= 11 is 3.44. The Balaban J connectivity index is 1.96. The van der Waals surface area contributed by atoms with Crippen molar-refractivity contribution in [2.45, 2.75) is 44.7 Å². The number of rotatable bonds is 5. The smallest absolute Gasteiger partial charge is 0.304 e. The summed E-state index contributed by atoms with van der Waals surface area (Å²) < 4.78 is 1.09. The van der Waals surface area contributed by atoms with E-state index < -0.39 is 5.97 Å². The highest BCUT2D eigenvalue weighted by Crippen LogP contribution is 2.24. The van der Waals surface area contributed by atoms with E-state index in [1.165, 1.54) is 5.56 Å². The van der Waals surface area contributed by atoms with Crippen LogP contribution < -0.4 is 0 Å². The number of carboxylic acids is 1. The second kappa shape index (κ2) is 6.53. The van der Waals surface area contributed by atoms with Gasteiger partial charge in [-0.1, -0.05) is 28.1 Å². The molecule has 19 heavy (non-hydrogen) atoms. The number of hydrogen-bond acceptors (Lipinski definition) is 2. The number of likely N-dealkylation sites (tertiary alicyclic amines) is 1. The first-order valence-electron chi connectivity index (χ1n) is 6.78. The molecule has 1 aromatic carbocycles. The van der Waals surface area contributed by atoms with Crippen molar-refractivity contribution < 1.29 is 9.90 Å². The third-order valence-corrected chi connectivity index (χ3v) is 4.37. The number of carbonyl (C=O) groups is 1. The number of carboxylic acid groups (broad SMARTS) is 1. The van der Waals surface area contributed by atoms with E-state index in [9.17, 15) is 4.79 Å². The van der Waals surface area contributed by atoms with Crippen molar-refractivity contribution in [3.05, 3.63) is 34.3 Å². The Labute approximate surface area is 122 Å². The van der Waals surface area contributed by atoms with Gasteiger partial charge in [-0.25, -0.2) is 0 Å². The molecule has 0 bridgehead atoms. The quantitative estimate of drug-likeness (QED) is 0.902. The van der Waals surface area contributed by atoms with Crippen LogP contribution in [0.3, 0.4) is 0 Å². The molecule has 0 aromatic heterocycles. The van der Waals surface area contributed by atoms with E-state index in [1.54, 1.807) is 0 Å². The molecule has 1 aromatic rings. The van der Waals surface area contributed by atoms with Gasteiger partial charge in [-0.15, -0.1) is 0 Å². The van der Waals surface area contributed by atoms with Gasteiger partial charge in [0.25, 0.3) is 0 Å². The predicted octanol–water partition coefficient (Wildman–Crippen LogP) is 3.32. The fraction of sp³-hybridized carbons (Fsp3) is 0.533. The molecule has 1 heterocycles. The standard InChI is InChI=1S/C15H20BrNO2/c1-11(9-12-4-6-13(16)7-5-12)17-8-2-3-14(17)10-15(18)19/h4-7,11,14H,2-3,8-10H2,1H3,(H,18,19). The summed E-state index contributed by atoms with van der Waals surface area (Å²) in [5.74, 6) is -0.687. The van der Waals surface area contributed by atoms with E-state index in [4.69, 9.17) is 5.11 Å². The summed E-state index contributed by atoms with van der Waals surface area (Å²) in [6.45, 7) is 3.22. The van der Waals surface area contributed by atoms with Gasteiger partial charge in [0.2, 0.25) is 0 Å². The molecule has 1 N–H and O–H groups in total. The predicted molar refractivity (Wildman–Crippen MR) is 79.3 cm³/mol. The minimum absolute atomic E-state index is 0.211. The lowest BCUT2D eigenvalue weighted by atomic mass is 10.0.